The first-order chi connectivity index (χ1) is 23.5. The molecule has 0 unspecified atom stereocenters. The molecule has 49 heavy (non-hydrogen) atoms. The van der Waals surface area contributed by atoms with Crippen LogP contribution >= 0.6 is 0 Å². The zero-order valence-electron chi connectivity index (χ0n) is 30.6. The molecule has 0 heterocycles. The molecule has 0 aliphatic carbocycles. The second-order valence-corrected chi connectivity index (χ2v) is 12.5. The normalized spacial score (nSPS) is 13.7. The number of rotatable bonds is 18. The van der Waals surface area contributed by atoms with Crippen molar-refractivity contribution >= 4 is 0 Å². The number of hydrogen-bond donors (Lipinski definition) is 2. The molecular formula is C47H56O2. The first-order valence-corrected chi connectivity index (χ1v) is 17.0. The van der Waals surface area contributed by atoms with E-state index < -0.39 is 5.41 Å². The molecule has 0 aliphatic heterocycles. The summed E-state index contributed by atoms with van der Waals surface area (Å²) in [6, 6.07) is 8.53. The van der Waals surface area contributed by atoms with Crippen LogP contribution in [-0.4, -0.2) is 10.2 Å². The molecule has 2 nitrogen and oxygen atoms in total. The summed E-state index contributed by atoms with van der Waals surface area (Å²) in [4.78, 5) is 0. The molecule has 0 atom stereocenters. The number of benzene rings is 2. The van der Waals surface area contributed by atoms with E-state index in [1.807, 2.05) is 76.3 Å². The molecule has 0 spiro atoms. The van der Waals surface area contributed by atoms with E-state index in [0.717, 1.165) is 55.7 Å². The molecule has 2 aromatic rings. The van der Waals surface area contributed by atoms with Gasteiger partial charge in [-0.1, -0.05) is 162 Å². The average molecular weight is 653 g/mol. The molecule has 0 bridgehead atoms. The van der Waals surface area contributed by atoms with Gasteiger partial charge in [0.2, 0.25) is 0 Å². The third-order valence-corrected chi connectivity index (χ3v) is 8.62. The molecule has 0 aliphatic rings. The lowest BCUT2D eigenvalue weighted by Gasteiger charge is -2.30. The maximum Gasteiger partial charge on any atom is 0.122 e. The molecule has 0 saturated carbocycles. The lowest BCUT2D eigenvalue weighted by Crippen LogP contribution is -2.21. The van der Waals surface area contributed by atoms with Crippen LogP contribution in [0, 0.1) is 0 Å². The highest BCUT2D eigenvalue weighted by molar-refractivity contribution is 5.56. The van der Waals surface area contributed by atoms with Crippen molar-refractivity contribution in [2.75, 3.05) is 0 Å². The summed E-state index contributed by atoms with van der Waals surface area (Å²) in [7, 11) is 0. The van der Waals surface area contributed by atoms with Crippen LogP contribution in [0.15, 0.2) is 170 Å². The van der Waals surface area contributed by atoms with Gasteiger partial charge >= 0.3 is 0 Å². The van der Waals surface area contributed by atoms with E-state index in [2.05, 4.69) is 88.7 Å². The smallest absolute Gasteiger partial charge is 0.122 e. The van der Waals surface area contributed by atoms with Gasteiger partial charge < -0.3 is 10.2 Å². The third-order valence-electron chi connectivity index (χ3n) is 8.62. The Bertz CT molecular complexity index is 1610. The fourth-order valence-corrected chi connectivity index (χ4v) is 5.80. The van der Waals surface area contributed by atoms with Crippen molar-refractivity contribution in [3.63, 3.8) is 0 Å². The van der Waals surface area contributed by atoms with Crippen LogP contribution in [0.3, 0.4) is 0 Å². The molecule has 2 aromatic carbocycles. The fraction of sp³-hybridized carbons (Fsp3) is 0.234. The summed E-state index contributed by atoms with van der Waals surface area (Å²) in [6.07, 6.45) is 33.5. The van der Waals surface area contributed by atoms with E-state index in [4.69, 9.17) is 0 Å². The molecule has 256 valence electrons. The molecule has 2 N–H and O–H groups in total. The van der Waals surface area contributed by atoms with Gasteiger partial charge in [-0.2, -0.15) is 0 Å². The van der Waals surface area contributed by atoms with Crippen LogP contribution in [0.25, 0.3) is 0 Å². The quantitative estimate of drug-likeness (QED) is 0.157. The van der Waals surface area contributed by atoms with Gasteiger partial charge in [0.05, 0.1) is 0 Å². The number of hydrogen-bond acceptors (Lipinski definition) is 2. The Kier molecular flexibility index (Phi) is 16.6. The second-order valence-electron chi connectivity index (χ2n) is 12.5. The lowest BCUT2D eigenvalue weighted by atomic mass is 9.74. The van der Waals surface area contributed by atoms with Crippen LogP contribution in [0.1, 0.15) is 74.9 Å². The highest BCUT2D eigenvalue weighted by atomic mass is 16.3. The SMILES string of the molecule is C=C/C=C\C(=C/C)Cc1cc(C(C)(C)c2cc(CC(/C=C\C=C)=C/C)c(O)c(CC(/C=C\C)=C/C=C)c2)cc(CC(/C=C\C)=C/C=C)c1O. The summed E-state index contributed by atoms with van der Waals surface area (Å²) in [5.74, 6) is 0.601. The average Bonchev–Trinajstić information content (AvgIpc) is 3.08. The van der Waals surface area contributed by atoms with Crippen LogP contribution in [0.2, 0.25) is 0 Å². The van der Waals surface area contributed by atoms with Crippen LogP contribution in [-0.2, 0) is 31.1 Å². The number of aromatic hydroxyl groups is 2. The largest absolute Gasteiger partial charge is 0.507 e. The first kappa shape index (κ1) is 40.1. The predicted molar refractivity (Wildman–Crippen MR) is 216 cm³/mol. The van der Waals surface area contributed by atoms with E-state index in [1.54, 1.807) is 24.3 Å². The molecular weight excluding hydrogens is 597 g/mol. The Labute approximate surface area is 297 Å². The minimum Gasteiger partial charge on any atom is -0.507 e. The van der Waals surface area contributed by atoms with Crippen molar-refractivity contribution in [1.29, 1.82) is 0 Å². The summed E-state index contributed by atoms with van der Waals surface area (Å²) >= 11 is 0. The standard InChI is InChI=1S/C47H56O2/c1-11-19-25-35(17-7)27-39-31-43(33-41(45(39)48)29-37(21-13-3)22-14-4)47(9,10)44-32-40(28-36(18-8)26-20-12-2)46(49)42(34-44)30-38(23-15-5)24-16-6/h11-26,31-34,48-49H,1-3,5,27-30H2,4,6-10H3/b22-14-,24-16-,25-19-,26-20-,35-17+,36-18+,37-21+,38-23+. The van der Waals surface area contributed by atoms with Gasteiger partial charge in [-0.3, -0.25) is 0 Å². The maximum absolute atomic E-state index is 11.7. The van der Waals surface area contributed by atoms with E-state index in [1.165, 1.54) is 0 Å². The van der Waals surface area contributed by atoms with Gasteiger partial charge in [0.15, 0.2) is 0 Å². The Hall–Kier alpha value is -5.08. The Morgan fingerprint density at radius 3 is 1.12 bits per heavy atom. The lowest BCUT2D eigenvalue weighted by molar-refractivity contribution is 0.461. The number of phenolic OH excluding ortho intramolecular Hbond substituents is 2. The van der Waals surface area contributed by atoms with Crippen LogP contribution in [0.4, 0.5) is 0 Å². The van der Waals surface area contributed by atoms with Crippen molar-refractivity contribution < 1.29 is 10.2 Å². The predicted octanol–water partition coefficient (Wildman–Crippen LogP) is 12.3. The van der Waals surface area contributed by atoms with Gasteiger partial charge in [0.25, 0.3) is 0 Å². The maximum atomic E-state index is 11.7. The minimum absolute atomic E-state index is 0.301. The van der Waals surface area contributed by atoms with Crippen molar-refractivity contribution in [2.45, 2.75) is 72.6 Å². The van der Waals surface area contributed by atoms with E-state index >= 15 is 0 Å². The molecule has 2 heteroatoms. The van der Waals surface area contributed by atoms with Gasteiger partial charge in [-0.05, 0) is 83.4 Å². The Morgan fingerprint density at radius 1 is 0.531 bits per heavy atom. The molecule has 0 aromatic heterocycles. The van der Waals surface area contributed by atoms with Gasteiger partial charge in [0, 0.05) is 31.1 Å². The van der Waals surface area contributed by atoms with Crippen molar-refractivity contribution in [2.24, 2.45) is 0 Å². The highest BCUT2D eigenvalue weighted by Gasteiger charge is 2.28. The van der Waals surface area contributed by atoms with Crippen molar-refractivity contribution in [3.05, 3.63) is 203 Å². The summed E-state index contributed by atoms with van der Waals surface area (Å²) in [5.41, 5.74) is 9.35. The van der Waals surface area contributed by atoms with Crippen molar-refractivity contribution in [1.82, 2.24) is 0 Å². The molecule has 0 amide bonds. The second kappa shape index (κ2) is 20.3. The van der Waals surface area contributed by atoms with Crippen LogP contribution < -0.4 is 0 Å². The summed E-state index contributed by atoms with van der Waals surface area (Å²) in [6.45, 7) is 27.9. The summed E-state index contributed by atoms with van der Waals surface area (Å²) in [5, 5.41) is 23.4. The Morgan fingerprint density at radius 2 is 0.857 bits per heavy atom. The minimum atomic E-state index is -0.486. The van der Waals surface area contributed by atoms with Gasteiger partial charge in [-0.15, -0.1) is 0 Å². The number of allylic oxidation sites excluding steroid dienone is 20. The van der Waals surface area contributed by atoms with Crippen molar-refractivity contribution in [3.8, 4) is 11.5 Å². The first-order valence-electron chi connectivity index (χ1n) is 17.0. The zero-order chi connectivity index (χ0) is 36.4. The van der Waals surface area contributed by atoms with E-state index in [-0.39, 0.29) is 0 Å². The molecule has 2 rings (SSSR count). The van der Waals surface area contributed by atoms with Gasteiger partial charge in [0.1, 0.15) is 11.5 Å². The fourth-order valence-electron chi connectivity index (χ4n) is 5.80. The number of phenols is 2. The van der Waals surface area contributed by atoms with Gasteiger partial charge in [-0.25, -0.2) is 0 Å². The molecule has 0 saturated heterocycles. The van der Waals surface area contributed by atoms with E-state index in [9.17, 15) is 10.2 Å². The third kappa shape index (κ3) is 11.5. The Balaban J connectivity index is 2.95. The van der Waals surface area contributed by atoms with E-state index in [0.29, 0.717) is 37.2 Å². The zero-order valence-corrected chi connectivity index (χ0v) is 30.6. The molecule has 0 fully saturated rings. The summed E-state index contributed by atoms with van der Waals surface area (Å²) < 4.78 is 0. The monoisotopic (exact) mass is 652 g/mol. The molecule has 0 radical (unpaired) electrons. The topological polar surface area (TPSA) is 40.5 Å². The van der Waals surface area contributed by atoms with Crippen LogP contribution in [0.5, 0.6) is 11.5 Å². The highest BCUT2D eigenvalue weighted by Crippen LogP contribution is 2.41.